The molecule has 0 aliphatic rings. The maximum absolute atomic E-state index is 3.37. The first-order valence-electron chi connectivity index (χ1n) is 4.99. The summed E-state index contributed by atoms with van der Waals surface area (Å²) in [6.45, 7) is 11.3. The van der Waals surface area contributed by atoms with Crippen LogP contribution in [0.5, 0.6) is 0 Å². The fourth-order valence-electron chi connectivity index (χ4n) is 0.911. The molecule has 1 nitrogen and oxygen atoms in total. The van der Waals surface area contributed by atoms with E-state index in [1.54, 1.807) is 0 Å². The monoisotopic (exact) mass is 189 g/mol. The lowest BCUT2D eigenvalue weighted by molar-refractivity contribution is 0.630. The molecule has 1 atom stereocenters. The third-order valence-corrected chi connectivity index (χ3v) is 2.99. The molecule has 2 heteroatoms. The highest BCUT2D eigenvalue weighted by molar-refractivity contribution is 7.99. The van der Waals surface area contributed by atoms with E-state index >= 15 is 0 Å². The molecule has 74 valence electrons. The second kappa shape index (κ2) is 7.93. The number of nitrogens with one attached hydrogen (secondary N) is 1. The molecule has 0 fully saturated rings. The maximum atomic E-state index is 3.37. The molecule has 0 aromatic carbocycles. The van der Waals surface area contributed by atoms with Crippen LogP contribution in [0.4, 0.5) is 0 Å². The van der Waals surface area contributed by atoms with Crippen molar-refractivity contribution >= 4 is 11.8 Å². The summed E-state index contributed by atoms with van der Waals surface area (Å²) < 4.78 is 0. The van der Waals surface area contributed by atoms with Gasteiger partial charge in [-0.25, -0.2) is 0 Å². The molecule has 1 unspecified atom stereocenters. The van der Waals surface area contributed by atoms with Crippen molar-refractivity contribution in [1.82, 2.24) is 5.32 Å². The molecule has 0 bridgehead atoms. The zero-order chi connectivity index (χ0) is 9.40. The Morgan fingerprint density at radius 1 is 1.25 bits per heavy atom. The van der Waals surface area contributed by atoms with Crippen molar-refractivity contribution in [3.63, 3.8) is 0 Å². The SMILES string of the molecule is CCNCC(C)SCCC(C)C. The van der Waals surface area contributed by atoms with E-state index in [0.717, 1.165) is 24.3 Å². The van der Waals surface area contributed by atoms with Crippen LogP contribution in [0.2, 0.25) is 0 Å². The fraction of sp³-hybridized carbons (Fsp3) is 1.00. The Labute approximate surface area is 81.7 Å². The van der Waals surface area contributed by atoms with E-state index in [-0.39, 0.29) is 0 Å². The summed E-state index contributed by atoms with van der Waals surface area (Å²) in [6, 6.07) is 0. The third kappa shape index (κ3) is 8.41. The van der Waals surface area contributed by atoms with Crippen LogP contribution >= 0.6 is 11.8 Å². The Kier molecular flexibility index (Phi) is 8.14. The standard InChI is InChI=1S/C10H23NS/c1-5-11-8-10(4)12-7-6-9(2)3/h9-11H,5-8H2,1-4H3. The first-order chi connectivity index (χ1) is 5.66. The van der Waals surface area contributed by atoms with Crippen LogP contribution in [0.25, 0.3) is 0 Å². The van der Waals surface area contributed by atoms with E-state index < -0.39 is 0 Å². The summed E-state index contributed by atoms with van der Waals surface area (Å²) in [5.74, 6) is 2.16. The highest BCUT2D eigenvalue weighted by atomic mass is 32.2. The van der Waals surface area contributed by atoms with Gasteiger partial charge in [0.2, 0.25) is 0 Å². The zero-order valence-electron chi connectivity index (χ0n) is 8.89. The van der Waals surface area contributed by atoms with Gasteiger partial charge in [0.15, 0.2) is 0 Å². The molecule has 0 aliphatic heterocycles. The van der Waals surface area contributed by atoms with Crippen LogP contribution in [0.15, 0.2) is 0 Å². The molecule has 0 aromatic rings. The van der Waals surface area contributed by atoms with E-state index in [4.69, 9.17) is 0 Å². The van der Waals surface area contributed by atoms with Crippen LogP contribution in [0.3, 0.4) is 0 Å². The van der Waals surface area contributed by atoms with Gasteiger partial charge in [-0.2, -0.15) is 11.8 Å². The Balaban J connectivity index is 3.13. The van der Waals surface area contributed by atoms with Gasteiger partial charge in [0.25, 0.3) is 0 Å². The van der Waals surface area contributed by atoms with Gasteiger partial charge < -0.3 is 5.32 Å². The van der Waals surface area contributed by atoms with Gasteiger partial charge in [0.05, 0.1) is 0 Å². The minimum Gasteiger partial charge on any atom is -0.316 e. The Hall–Kier alpha value is 0.310. The smallest absolute Gasteiger partial charge is 0.0144 e. The highest BCUT2D eigenvalue weighted by Gasteiger charge is 2.01. The van der Waals surface area contributed by atoms with Gasteiger partial charge >= 0.3 is 0 Å². The van der Waals surface area contributed by atoms with Crippen LogP contribution in [0.1, 0.15) is 34.1 Å². The molecule has 0 radical (unpaired) electrons. The van der Waals surface area contributed by atoms with Gasteiger partial charge in [-0.1, -0.05) is 27.7 Å². The van der Waals surface area contributed by atoms with Crippen molar-refractivity contribution in [1.29, 1.82) is 0 Å². The van der Waals surface area contributed by atoms with Crippen molar-refractivity contribution < 1.29 is 0 Å². The molecule has 0 heterocycles. The lowest BCUT2D eigenvalue weighted by Gasteiger charge is -2.11. The first kappa shape index (κ1) is 12.3. The average Bonchev–Trinajstić information content (AvgIpc) is 2.00. The van der Waals surface area contributed by atoms with Crippen molar-refractivity contribution in [3.05, 3.63) is 0 Å². The molecule has 0 aromatic heterocycles. The number of hydrogen-bond acceptors (Lipinski definition) is 2. The van der Waals surface area contributed by atoms with Crippen LogP contribution in [-0.2, 0) is 0 Å². The largest absolute Gasteiger partial charge is 0.316 e. The van der Waals surface area contributed by atoms with Crippen LogP contribution < -0.4 is 5.32 Å². The minimum absolute atomic E-state index is 0.767. The Bertz CT molecular complexity index is 93.8. The molecular weight excluding hydrogens is 166 g/mol. The van der Waals surface area contributed by atoms with Crippen molar-refractivity contribution in [2.24, 2.45) is 5.92 Å². The van der Waals surface area contributed by atoms with Gasteiger partial charge in [-0.15, -0.1) is 0 Å². The van der Waals surface area contributed by atoms with Gasteiger partial charge in [-0.3, -0.25) is 0 Å². The predicted molar refractivity (Wildman–Crippen MR) is 59.9 cm³/mol. The third-order valence-electron chi connectivity index (χ3n) is 1.78. The molecule has 0 spiro atoms. The molecule has 1 N–H and O–H groups in total. The fourth-order valence-corrected chi connectivity index (χ4v) is 2.16. The highest BCUT2D eigenvalue weighted by Crippen LogP contribution is 2.13. The molecule has 12 heavy (non-hydrogen) atoms. The molecule has 0 amide bonds. The maximum Gasteiger partial charge on any atom is 0.0144 e. The summed E-state index contributed by atoms with van der Waals surface area (Å²) in [4.78, 5) is 0. The van der Waals surface area contributed by atoms with Gasteiger partial charge in [0.1, 0.15) is 0 Å². The van der Waals surface area contributed by atoms with Crippen molar-refractivity contribution in [2.45, 2.75) is 39.4 Å². The summed E-state index contributed by atoms with van der Waals surface area (Å²) in [7, 11) is 0. The van der Waals surface area contributed by atoms with E-state index in [9.17, 15) is 0 Å². The summed E-state index contributed by atoms with van der Waals surface area (Å²) in [5.41, 5.74) is 0. The Morgan fingerprint density at radius 3 is 2.42 bits per heavy atom. The lowest BCUT2D eigenvalue weighted by atomic mass is 10.2. The Morgan fingerprint density at radius 2 is 1.92 bits per heavy atom. The average molecular weight is 189 g/mol. The quantitative estimate of drug-likeness (QED) is 0.661. The number of rotatable bonds is 7. The molecule has 0 aliphatic carbocycles. The van der Waals surface area contributed by atoms with E-state index in [1.165, 1.54) is 12.2 Å². The normalized spacial score (nSPS) is 13.8. The molecule has 0 saturated heterocycles. The zero-order valence-corrected chi connectivity index (χ0v) is 9.71. The van der Waals surface area contributed by atoms with E-state index in [1.807, 2.05) is 0 Å². The lowest BCUT2D eigenvalue weighted by Crippen LogP contribution is -2.22. The molecular formula is C10H23NS. The number of thioether (sulfide) groups is 1. The summed E-state index contributed by atoms with van der Waals surface area (Å²) in [5, 5.41) is 4.13. The second-order valence-electron chi connectivity index (χ2n) is 3.67. The summed E-state index contributed by atoms with van der Waals surface area (Å²) in [6.07, 6.45) is 1.35. The summed E-state index contributed by atoms with van der Waals surface area (Å²) >= 11 is 2.08. The molecule has 0 saturated carbocycles. The van der Waals surface area contributed by atoms with Gasteiger partial charge in [-0.05, 0) is 24.6 Å². The minimum atomic E-state index is 0.767. The van der Waals surface area contributed by atoms with Crippen LogP contribution in [-0.4, -0.2) is 24.1 Å². The number of hydrogen-bond donors (Lipinski definition) is 1. The predicted octanol–water partition coefficient (Wildman–Crippen LogP) is 2.76. The van der Waals surface area contributed by atoms with Crippen LogP contribution in [0, 0.1) is 5.92 Å². The molecule has 0 rings (SSSR count). The van der Waals surface area contributed by atoms with Crippen molar-refractivity contribution in [3.8, 4) is 0 Å². The van der Waals surface area contributed by atoms with Crippen molar-refractivity contribution in [2.75, 3.05) is 18.8 Å². The van der Waals surface area contributed by atoms with E-state index in [0.29, 0.717) is 0 Å². The second-order valence-corrected chi connectivity index (χ2v) is 5.22. The van der Waals surface area contributed by atoms with E-state index in [2.05, 4.69) is 44.8 Å². The topological polar surface area (TPSA) is 12.0 Å². The van der Waals surface area contributed by atoms with Gasteiger partial charge in [0, 0.05) is 11.8 Å². The first-order valence-corrected chi connectivity index (χ1v) is 6.04.